The Bertz CT molecular complexity index is 263. The molecule has 3 unspecified atom stereocenters. The molecule has 0 aliphatic carbocycles. The maximum Gasteiger partial charge on any atom is 0.338 e. The fraction of sp³-hybridized carbons (Fsp3) is 0.909. The van der Waals surface area contributed by atoms with Crippen molar-refractivity contribution >= 4 is 5.97 Å². The molecule has 2 aliphatic heterocycles. The number of rotatable bonds is 3. The molecule has 86 valence electrons. The largest absolute Gasteiger partial charge is 0.464 e. The predicted octanol–water partition coefficient (Wildman–Crippen LogP) is 1.13. The molecule has 15 heavy (non-hydrogen) atoms. The van der Waals surface area contributed by atoms with E-state index in [1.807, 2.05) is 0 Å². The van der Waals surface area contributed by atoms with Crippen LogP contribution in [0.15, 0.2) is 0 Å². The molecular formula is C11H18O4. The molecular weight excluding hydrogens is 196 g/mol. The quantitative estimate of drug-likeness (QED) is 0.522. The van der Waals surface area contributed by atoms with Gasteiger partial charge in [0.05, 0.1) is 19.3 Å². The molecule has 2 heterocycles. The number of hydrogen-bond acceptors (Lipinski definition) is 4. The molecule has 4 nitrogen and oxygen atoms in total. The molecule has 0 saturated carbocycles. The Balaban J connectivity index is 1.89. The standard InChI is InChI=1S/C11H18O4/c1-4-13-10(12)9-11(15-9)5-8(7(2)3)14-6-11/h7-9H,4-6H2,1-3H3. The Hall–Kier alpha value is -0.610. The highest BCUT2D eigenvalue weighted by atomic mass is 16.7. The predicted molar refractivity (Wildman–Crippen MR) is 53.4 cm³/mol. The number of carbonyl (C=O) groups is 1. The van der Waals surface area contributed by atoms with Crippen LogP contribution in [0, 0.1) is 5.92 Å². The van der Waals surface area contributed by atoms with Gasteiger partial charge in [-0.05, 0) is 12.8 Å². The molecule has 2 rings (SSSR count). The molecule has 0 bridgehead atoms. The third-order valence-corrected chi connectivity index (χ3v) is 3.11. The summed E-state index contributed by atoms with van der Waals surface area (Å²) in [5, 5.41) is 0. The monoisotopic (exact) mass is 214 g/mol. The van der Waals surface area contributed by atoms with Crippen LogP contribution in [0.2, 0.25) is 0 Å². The fourth-order valence-electron chi connectivity index (χ4n) is 2.08. The van der Waals surface area contributed by atoms with Crippen LogP contribution in [0.5, 0.6) is 0 Å². The average Bonchev–Trinajstić information content (AvgIpc) is 2.67. The number of epoxide rings is 1. The molecule has 2 saturated heterocycles. The Kier molecular flexibility index (Phi) is 2.73. The minimum absolute atomic E-state index is 0.212. The summed E-state index contributed by atoms with van der Waals surface area (Å²) < 4.78 is 16.0. The van der Waals surface area contributed by atoms with Gasteiger partial charge in [-0.1, -0.05) is 13.8 Å². The normalized spacial score (nSPS) is 38.7. The molecule has 1 spiro atoms. The van der Waals surface area contributed by atoms with Crippen molar-refractivity contribution in [3.8, 4) is 0 Å². The summed E-state index contributed by atoms with van der Waals surface area (Å²) in [5.41, 5.74) is -0.360. The first-order valence-electron chi connectivity index (χ1n) is 5.55. The molecule has 0 radical (unpaired) electrons. The van der Waals surface area contributed by atoms with E-state index in [-0.39, 0.29) is 23.8 Å². The lowest BCUT2D eigenvalue weighted by atomic mass is 9.96. The van der Waals surface area contributed by atoms with E-state index in [0.29, 0.717) is 19.1 Å². The van der Waals surface area contributed by atoms with Crippen LogP contribution in [-0.2, 0) is 19.0 Å². The van der Waals surface area contributed by atoms with Gasteiger partial charge in [0.2, 0.25) is 0 Å². The van der Waals surface area contributed by atoms with Gasteiger partial charge in [0.25, 0.3) is 0 Å². The summed E-state index contributed by atoms with van der Waals surface area (Å²) in [6.07, 6.45) is 0.638. The summed E-state index contributed by atoms with van der Waals surface area (Å²) in [5.74, 6) is 0.224. The highest BCUT2D eigenvalue weighted by molar-refractivity contribution is 5.79. The zero-order valence-corrected chi connectivity index (χ0v) is 9.49. The van der Waals surface area contributed by atoms with Crippen LogP contribution in [0.4, 0.5) is 0 Å². The molecule has 2 aliphatic rings. The van der Waals surface area contributed by atoms with Gasteiger partial charge in [0, 0.05) is 6.42 Å². The van der Waals surface area contributed by atoms with Gasteiger partial charge in [0.15, 0.2) is 6.10 Å². The van der Waals surface area contributed by atoms with Crippen molar-refractivity contribution < 1.29 is 19.0 Å². The third kappa shape index (κ3) is 1.88. The topological polar surface area (TPSA) is 48.1 Å². The minimum Gasteiger partial charge on any atom is -0.464 e. The van der Waals surface area contributed by atoms with Crippen molar-refractivity contribution in [2.45, 2.75) is 45.0 Å². The van der Waals surface area contributed by atoms with Gasteiger partial charge < -0.3 is 14.2 Å². The Morgan fingerprint density at radius 3 is 2.87 bits per heavy atom. The van der Waals surface area contributed by atoms with Crippen LogP contribution >= 0.6 is 0 Å². The maximum atomic E-state index is 11.4. The fourth-order valence-corrected chi connectivity index (χ4v) is 2.08. The van der Waals surface area contributed by atoms with Gasteiger partial charge in [0.1, 0.15) is 5.60 Å². The number of carbonyl (C=O) groups excluding carboxylic acids is 1. The zero-order valence-electron chi connectivity index (χ0n) is 9.49. The highest BCUT2D eigenvalue weighted by Crippen LogP contribution is 2.47. The van der Waals surface area contributed by atoms with E-state index in [9.17, 15) is 4.79 Å². The second-order valence-electron chi connectivity index (χ2n) is 4.61. The van der Waals surface area contributed by atoms with E-state index in [1.165, 1.54) is 0 Å². The van der Waals surface area contributed by atoms with Crippen LogP contribution in [0.25, 0.3) is 0 Å². The smallest absolute Gasteiger partial charge is 0.338 e. The molecule has 0 aromatic carbocycles. The lowest BCUT2D eigenvalue weighted by molar-refractivity contribution is -0.144. The van der Waals surface area contributed by atoms with Crippen molar-refractivity contribution in [2.24, 2.45) is 5.92 Å². The second-order valence-corrected chi connectivity index (χ2v) is 4.61. The van der Waals surface area contributed by atoms with E-state index < -0.39 is 0 Å². The first-order chi connectivity index (χ1) is 7.09. The van der Waals surface area contributed by atoms with Crippen molar-refractivity contribution in [1.82, 2.24) is 0 Å². The molecule has 0 aromatic heterocycles. The van der Waals surface area contributed by atoms with Crippen molar-refractivity contribution in [3.05, 3.63) is 0 Å². The van der Waals surface area contributed by atoms with E-state index in [2.05, 4.69) is 13.8 Å². The van der Waals surface area contributed by atoms with E-state index in [1.54, 1.807) is 6.92 Å². The number of esters is 1. The summed E-state index contributed by atoms with van der Waals surface area (Å²) in [7, 11) is 0. The van der Waals surface area contributed by atoms with Gasteiger partial charge in [-0.3, -0.25) is 0 Å². The molecule has 0 aromatic rings. The molecule has 0 amide bonds. The number of ether oxygens (including phenoxy) is 3. The van der Waals surface area contributed by atoms with Crippen molar-refractivity contribution in [1.29, 1.82) is 0 Å². The van der Waals surface area contributed by atoms with Gasteiger partial charge in [-0.25, -0.2) is 4.79 Å². The van der Waals surface area contributed by atoms with Crippen LogP contribution in [0.1, 0.15) is 27.2 Å². The van der Waals surface area contributed by atoms with Crippen molar-refractivity contribution in [2.75, 3.05) is 13.2 Å². The summed E-state index contributed by atoms with van der Waals surface area (Å²) >= 11 is 0. The van der Waals surface area contributed by atoms with E-state index >= 15 is 0 Å². The SMILES string of the molecule is CCOC(=O)C1OC12COC(C(C)C)C2. The third-order valence-electron chi connectivity index (χ3n) is 3.11. The van der Waals surface area contributed by atoms with Crippen LogP contribution in [0.3, 0.4) is 0 Å². The average molecular weight is 214 g/mol. The molecule has 0 N–H and O–H groups in total. The first-order valence-corrected chi connectivity index (χ1v) is 5.55. The molecule has 3 atom stereocenters. The molecule has 4 heteroatoms. The summed E-state index contributed by atoms with van der Waals surface area (Å²) in [4.78, 5) is 11.4. The summed E-state index contributed by atoms with van der Waals surface area (Å²) in [6.45, 7) is 6.97. The highest BCUT2D eigenvalue weighted by Gasteiger charge is 2.65. The molecule has 2 fully saturated rings. The van der Waals surface area contributed by atoms with Gasteiger partial charge >= 0.3 is 5.97 Å². The lowest BCUT2D eigenvalue weighted by Crippen LogP contribution is -2.23. The van der Waals surface area contributed by atoms with Crippen molar-refractivity contribution in [3.63, 3.8) is 0 Å². The van der Waals surface area contributed by atoms with Gasteiger partial charge in [-0.2, -0.15) is 0 Å². The summed E-state index contributed by atoms with van der Waals surface area (Å²) in [6, 6.07) is 0. The first kappa shape index (κ1) is 10.9. The Morgan fingerprint density at radius 1 is 1.60 bits per heavy atom. The maximum absolute atomic E-state index is 11.4. The van der Waals surface area contributed by atoms with E-state index in [0.717, 1.165) is 6.42 Å². The minimum atomic E-state index is -0.388. The van der Waals surface area contributed by atoms with Crippen LogP contribution < -0.4 is 0 Å². The Morgan fingerprint density at radius 2 is 2.33 bits per heavy atom. The number of hydrogen-bond donors (Lipinski definition) is 0. The zero-order chi connectivity index (χ0) is 11.1. The Labute approximate surface area is 89.9 Å². The lowest BCUT2D eigenvalue weighted by Gasteiger charge is -2.11. The van der Waals surface area contributed by atoms with Crippen LogP contribution in [-0.4, -0.2) is 37.0 Å². The van der Waals surface area contributed by atoms with E-state index in [4.69, 9.17) is 14.2 Å². The second kappa shape index (κ2) is 3.76. The van der Waals surface area contributed by atoms with Gasteiger partial charge in [-0.15, -0.1) is 0 Å².